The van der Waals surface area contributed by atoms with Crippen molar-refractivity contribution in [2.24, 2.45) is 12.0 Å². The molecule has 36 heavy (non-hydrogen) atoms. The molecule has 13 heteroatoms. The topological polar surface area (TPSA) is 139 Å². The molecule has 1 amide bonds. The van der Waals surface area contributed by atoms with Gasteiger partial charge in [-0.15, -0.1) is 0 Å². The summed E-state index contributed by atoms with van der Waals surface area (Å²) in [6, 6.07) is 5.13. The van der Waals surface area contributed by atoms with Gasteiger partial charge in [0.1, 0.15) is 5.72 Å². The Morgan fingerprint density at radius 1 is 1.33 bits per heavy atom. The summed E-state index contributed by atoms with van der Waals surface area (Å²) in [5.41, 5.74) is 0.0648. The number of aliphatic imine (C=N–C) groups is 1. The molecule has 0 bridgehead atoms. The number of carbonyl (C=O) groups excluding carboxylic acids is 1. The van der Waals surface area contributed by atoms with Crippen molar-refractivity contribution in [1.82, 2.24) is 24.3 Å². The van der Waals surface area contributed by atoms with Crippen LogP contribution < -0.4 is 9.62 Å². The number of likely N-dealkylation sites (N-methyl/N-ethyl adjacent to an activating group) is 1. The number of nitrogens with zero attached hydrogens (tertiary/aromatic N) is 6. The first kappa shape index (κ1) is 25.1. The Balaban J connectivity index is 1.48. The molecule has 0 spiro atoms. The molecule has 2 aliphatic heterocycles. The number of ether oxygens (including phenoxy) is 1. The van der Waals surface area contributed by atoms with E-state index in [1.165, 1.54) is 29.0 Å². The number of benzene rings is 1. The van der Waals surface area contributed by atoms with Crippen molar-refractivity contribution < 1.29 is 24.9 Å². The van der Waals surface area contributed by atoms with Gasteiger partial charge in [-0.2, -0.15) is 5.10 Å². The fourth-order valence-corrected chi connectivity index (χ4v) is 4.96. The summed E-state index contributed by atoms with van der Waals surface area (Å²) in [6.07, 6.45) is 4.08. The van der Waals surface area contributed by atoms with Crippen molar-refractivity contribution in [3.8, 4) is 0 Å². The van der Waals surface area contributed by atoms with E-state index in [1.807, 2.05) is 36.0 Å². The van der Waals surface area contributed by atoms with E-state index >= 15 is 0 Å². The molecule has 0 radical (unpaired) electrons. The summed E-state index contributed by atoms with van der Waals surface area (Å²) < 4.78 is 10.3. The minimum Gasteiger partial charge on any atom is -0.378 e. The van der Waals surface area contributed by atoms with Gasteiger partial charge in [0.15, 0.2) is 0 Å². The number of hydrogen-bond donors (Lipinski definition) is 4. The average molecular weight is 518 g/mol. The van der Waals surface area contributed by atoms with Crippen LogP contribution in [0.2, 0.25) is 0 Å². The zero-order valence-corrected chi connectivity index (χ0v) is 21.3. The van der Waals surface area contributed by atoms with Gasteiger partial charge in [-0.05, 0) is 57.1 Å². The van der Waals surface area contributed by atoms with E-state index < -0.39 is 17.5 Å². The quantitative estimate of drug-likeness (QED) is 0.192. The number of anilines is 1. The maximum Gasteiger partial charge on any atom is 0.287 e. The van der Waals surface area contributed by atoms with Crippen LogP contribution in [0.1, 0.15) is 28.8 Å². The zero-order chi connectivity index (χ0) is 25.7. The Labute approximate surface area is 213 Å². The van der Waals surface area contributed by atoms with Crippen LogP contribution in [0.25, 0.3) is 0 Å². The van der Waals surface area contributed by atoms with Gasteiger partial charge in [0, 0.05) is 24.7 Å². The molecule has 194 valence electrons. The molecule has 1 fully saturated rings. The zero-order valence-electron chi connectivity index (χ0n) is 20.5. The summed E-state index contributed by atoms with van der Waals surface area (Å²) in [5.74, 6) is -3.13. The number of nitrogens with one attached hydrogen (secondary N) is 1. The van der Waals surface area contributed by atoms with Gasteiger partial charge in [-0.3, -0.25) is 9.48 Å². The lowest BCUT2D eigenvalue weighted by molar-refractivity contribution is -0.234. The van der Waals surface area contributed by atoms with Crippen molar-refractivity contribution in [2.45, 2.75) is 35.4 Å². The molecule has 1 aromatic carbocycles. The van der Waals surface area contributed by atoms with E-state index in [-0.39, 0.29) is 17.6 Å². The van der Waals surface area contributed by atoms with E-state index in [2.05, 4.69) is 14.8 Å². The first-order chi connectivity index (χ1) is 17.1. The lowest BCUT2D eigenvalue weighted by Gasteiger charge is -2.43. The number of aryl methyl sites for hydroxylation is 1. The second-order valence-electron chi connectivity index (χ2n) is 9.64. The molecule has 12 nitrogen and oxygen atoms in total. The van der Waals surface area contributed by atoms with Crippen molar-refractivity contribution in [3.63, 3.8) is 0 Å². The number of guanidine groups is 1. The van der Waals surface area contributed by atoms with Crippen LogP contribution in [0.4, 0.5) is 5.69 Å². The van der Waals surface area contributed by atoms with E-state index in [0.717, 1.165) is 11.4 Å². The van der Waals surface area contributed by atoms with Gasteiger partial charge in [0.25, 0.3) is 11.8 Å². The van der Waals surface area contributed by atoms with Crippen molar-refractivity contribution in [3.05, 3.63) is 41.7 Å². The van der Waals surface area contributed by atoms with Crippen LogP contribution in [-0.4, -0.2) is 98.9 Å². The predicted octanol–water partition coefficient (Wildman–Crippen LogP) is -0.127. The molecule has 3 heterocycles. The molecule has 2 aromatic rings. The second kappa shape index (κ2) is 9.41. The molecular weight excluding hydrogens is 486 g/mol. The number of carbonyl (C=O) groups is 1. The molecule has 0 saturated heterocycles. The summed E-state index contributed by atoms with van der Waals surface area (Å²) in [7, 11) is 5.59. The minimum absolute atomic E-state index is 0.0401. The SMILES string of the molecule is CN(C)CCOCC1CN=C2N1c1ccc(SNC3(O)CC3)cc1C(=O)N2C(O)(O)c1cnn(C)c1. The van der Waals surface area contributed by atoms with Gasteiger partial charge in [0.2, 0.25) is 5.96 Å². The number of amides is 1. The molecule has 1 unspecified atom stereocenters. The molecule has 1 aromatic heterocycles. The van der Waals surface area contributed by atoms with E-state index in [9.17, 15) is 20.1 Å². The van der Waals surface area contributed by atoms with Gasteiger partial charge >= 0.3 is 0 Å². The highest BCUT2D eigenvalue weighted by atomic mass is 32.2. The highest BCUT2D eigenvalue weighted by Gasteiger charge is 2.51. The van der Waals surface area contributed by atoms with Gasteiger partial charge in [-0.25, -0.2) is 14.6 Å². The fraction of sp³-hybridized carbons (Fsp3) is 0.522. The third-order valence-electron chi connectivity index (χ3n) is 6.36. The Morgan fingerprint density at radius 3 is 2.78 bits per heavy atom. The Bertz CT molecular complexity index is 1180. The summed E-state index contributed by atoms with van der Waals surface area (Å²) in [6.45, 7) is 1.98. The third kappa shape index (κ3) is 4.75. The average Bonchev–Trinajstić information content (AvgIpc) is 3.19. The summed E-state index contributed by atoms with van der Waals surface area (Å²) in [4.78, 5) is 23.8. The molecule has 4 N–H and O–H groups in total. The molecule has 1 atom stereocenters. The third-order valence-corrected chi connectivity index (χ3v) is 7.34. The Morgan fingerprint density at radius 2 is 2.11 bits per heavy atom. The normalized spacial score (nSPS) is 20.6. The number of fused-ring (bicyclic) bond motifs is 3. The van der Waals surface area contributed by atoms with Crippen LogP contribution >= 0.6 is 11.9 Å². The maximum absolute atomic E-state index is 13.7. The van der Waals surface area contributed by atoms with Crippen LogP contribution in [0, 0.1) is 0 Å². The molecule has 5 rings (SSSR count). The van der Waals surface area contributed by atoms with Crippen molar-refractivity contribution in [2.75, 3.05) is 45.3 Å². The first-order valence-corrected chi connectivity index (χ1v) is 12.6. The van der Waals surface area contributed by atoms with Crippen molar-refractivity contribution in [1.29, 1.82) is 0 Å². The largest absolute Gasteiger partial charge is 0.378 e. The van der Waals surface area contributed by atoms with E-state index in [1.54, 1.807) is 13.1 Å². The minimum atomic E-state index is -2.68. The predicted molar refractivity (Wildman–Crippen MR) is 133 cm³/mol. The fourth-order valence-electron chi connectivity index (χ4n) is 4.13. The van der Waals surface area contributed by atoms with Crippen LogP contribution in [-0.2, 0) is 17.7 Å². The van der Waals surface area contributed by atoms with Gasteiger partial charge in [-0.1, -0.05) is 0 Å². The van der Waals surface area contributed by atoms with Crippen LogP contribution in [0.5, 0.6) is 0 Å². The van der Waals surface area contributed by atoms with Crippen LogP contribution in [0.3, 0.4) is 0 Å². The Kier molecular flexibility index (Phi) is 6.57. The maximum atomic E-state index is 13.7. The molecular formula is C23H31N7O5S. The standard InChI is InChI=1S/C23H31N7O5S/c1-27(2)8-9-35-14-16-12-24-21-29(16)19-5-4-17(36-26-22(32)6-7-22)10-18(19)20(31)30(21)23(33,34)15-11-25-28(3)13-15/h4-5,10-11,13,16,26,32-34H,6-9,12,14H2,1-3H3. The highest BCUT2D eigenvalue weighted by molar-refractivity contribution is 7.97. The van der Waals surface area contributed by atoms with Crippen molar-refractivity contribution >= 4 is 29.5 Å². The number of aromatic nitrogens is 2. The van der Waals surface area contributed by atoms with Gasteiger partial charge < -0.3 is 29.9 Å². The second-order valence-corrected chi connectivity index (χ2v) is 10.5. The summed E-state index contributed by atoms with van der Waals surface area (Å²) >= 11 is 1.23. The lowest BCUT2D eigenvalue weighted by Crippen LogP contribution is -2.61. The molecule has 3 aliphatic rings. The van der Waals surface area contributed by atoms with E-state index in [0.29, 0.717) is 48.7 Å². The Hall–Kier alpha value is -2.52. The van der Waals surface area contributed by atoms with Crippen LogP contribution in [0.15, 0.2) is 40.5 Å². The smallest absolute Gasteiger partial charge is 0.287 e. The summed E-state index contributed by atoms with van der Waals surface area (Å²) in [5, 5.41) is 36.6. The number of rotatable bonds is 10. The van der Waals surface area contributed by atoms with Gasteiger partial charge in [0.05, 0.1) is 48.8 Å². The number of aliphatic hydroxyl groups is 3. The molecule has 1 saturated carbocycles. The number of hydrogen-bond acceptors (Lipinski definition) is 11. The van der Waals surface area contributed by atoms with E-state index in [4.69, 9.17) is 4.74 Å². The first-order valence-electron chi connectivity index (χ1n) is 11.7. The highest BCUT2D eigenvalue weighted by Crippen LogP contribution is 2.40. The molecule has 1 aliphatic carbocycles. The lowest BCUT2D eigenvalue weighted by atomic mass is 10.0. The monoisotopic (exact) mass is 517 g/mol.